The molecule has 4 N–H and O–H groups in total. The van der Waals surface area contributed by atoms with E-state index in [1.54, 1.807) is 0 Å². The minimum atomic E-state index is 0.660. The van der Waals surface area contributed by atoms with Crippen LogP contribution in [-0.4, -0.2) is 7.05 Å². The highest BCUT2D eigenvalue weighted by atomic mass is 79.9. The number of hydrogen-bond donors (Lipinski definition) is 2. The van der Waals surface area contributed by atoms with Crippen molar-refractivity contribution in [3.05, 3.63) is 26.6 Å². The molecule has 2 rings (SSSR count). The first-order valence-corrected chi connectivity index (χ1v) is 7.59. The monoisotopic (exact) mass is 362 g/mol. The van der Waals surface area contributed by atoms with Crippen LogP contribution in [0, 0.1) is 0 Å². The molecule has 4 heteroatoms. The average Bonchev–Trinajstić information content (AvgIpc) is 2.37. The molecule has 1 aliphatic rings. The Labute approximate surface area is 120 Å². The molecular formula is C13H20Br2N2. The van der Waals surface area contributed by atoms with Gasteiger partial charge in [-0.3, -0.25) is 0 Å². The molecule has 0 saturated heterocycles. The number of anilines is 1. The van der Waals surface area contributed by atoms with Gasteiger partial charge in [-0.1, -0.05) is 35.2 Å². The molecule has 2 nitrogen and oxygen atoms in total. The zero-order valence-electron chi connectivity index (χ0n) is 10.2. The van der Waals surface area contributed by atoms with Gasteiger partial charge in [0.2, 0.25) is 0 Å². The molecule has 0 atom stereocenters. The second kappa shape index (κ2) is 7.39. The summed E-state index contributed by atoms with van der Waals surface area (Å²) in [6, 6.07) is 4.19. The topological polar surface area (TPSA) is 52.0 Å². The first-order valence-electron chi connectivity index (χ1n) is 6.00. The molecule has 1 aliphatic carbocycles. The molecule has 0 radical (unpaired) electrons. The quantitative estimate of drug-likeness (QED) is 0.725. The molecule has 0 aliphatic heterocycles. The first-order chi connectivity index (χ1) is 8.18. The Morgan fingerprint density at radius 3 is 2.24 bits per heavy atom. The van der Waals surface area contributed by atoms with Crippen LogP contribution in [0.15, 0.2) is 21.1 Å². The van der Waals surface area contributed by atoms with Crippen molar-refractivity contribution < 1.29 is 0 Å². The maximum atomic E-state index is 6.11. The Hall–Kier alpha value is -0.0600. The Morgan fingerprint density at radius 2 is 1.65 bits per heavy atom. The summed E-state index contributed by atoms with van der Waals surface area (Å²) in [5.74, 6) is 0.660. The molecule has 1 fully saturated rings. The minimum absolute atomic E-state index is 0.660. The van der Waals surface area contributed by atoms with Gasteiger partial charge in [0, 0.05) is 14.6 Å². The lowest BCUT2D eigenvalue weighted by Crippen LogP contribution is -2.07. The van der Waals surface area contributed by atoms with Gasteiger partial charge in [0.1, 0.15) is 0 Å². The Kier molecular flexibility index (Phi) is 6.52. The van der Waals surface area contributed by atoms with Crippen LogP contribution in [0.5, 0.6) is 0 Å². The SMILES string of the molecule is CN.Nc1c(Br)cc(Br)cc1C1CCCCC1. The second-order valence-corrected chi connectivity index (χ2v) is 6.00. The second-order valence-electron chi connectivity index (χ2n) is 4.23. The average molecular weight is 364 g/mol. The zero-order valence-corrected chi connectivity index (χ0v) is 13.4. The number of hydrogen-bond acceptors (Lipinski definition) is 2. The summed E-state index contributed by atoms with van der Waals surface area (Å²) in [5.41, 5.74) is 12.9. The molecule has 0 bridgehead atoms. The van der Waals surface area contributed by atoms with Crippen molar-refractivity contribution in [2.75, 3.05) is 12.8 Å². The Morgan fingerprint density at radius 1 is 1.06 bits per heavy atom. The number of benzene rings is 1. The maximum absolute atomic E-state index is 6.11. The summed E-state index contributed by atoms with van der Waals surface area (Å²) in [5, 5.41) is 0. The highest BCUT2D eigenvalue weighted by molar-refractivity contribution is 9.11. The van der Waals surface area contributed by atoms with Crippen molar-refractivity contribution in [3.63, 3.8) is 0 Å². The molecule has 0 unspecified atom stereocenters. The van der Waals surface area contributed by atoms with E-state index in [9.17, 15) is 0 Å². The number of rotatable bonds is 1. The van der Waals surface area contributed by atoms with Gasteiger partial charge < -0.3 is 11.5 Å². The Balaban J connectivity index is 0.000000686. The summed E-state index contributed by atoms with van der Waals surface area (Å²) in [6.45, 7) is 0. The molecular weight excluding hydrogens is 344 g/mol. The lowest BCUT2D eigenvalue weighted by Gasteiger charge is -2.24. The smallest absolute Gasteiger partial charge is 0.0494 e. The predicted molar refractivity (Wildman–Crippen MR) is 82.2 cm³/mol. The molecule has 0 heterocycles. The van der Waals surface area contributed by atoms with Gasteiger partial charge in [-0.25, -0.2) is 0 Å². The van der Waals surface area contributed by atoms with E-state index >= 15 is 0 Å². The van der Waals surface area contributed by atoms with Crippen molar-refractivity contribution in [1.29, 1.82) is 0 Å². The van der Waals surface area contributed by atoms with Gasteiger partial charge in [0.05, 0.1) is 0 Å². The lowest BCUT2D eigenvalue weighted by molar-refractivity contribution is 0.444. The maximum Gasteiger partial charge on any atom is 0.0494 e. The zero-order chi connectivity index (χ0) is 12.8. The van der Waals surface area contributed by atoms with Gasteiger partial charge in [0.15, 0.2) is 0 Å². The van der Waals surface area contributed by atoms with Gasteiger partial charge >= 0.3 is 0 Å². The van der Waals surface area contributed by atoms with Crippen molar-refractivity contribution in [3.8, 4) is 0 Å². The third kappa shape index (κ3) is 3.97. The minimum Gasteiger partial charge on any atom is -0.398 e. The van der Waals surface area contributed by atoms with Crippen LogP contribution in [0.25, 0.3) is 0 Å². The third-order valence-corrected chi connectivity index (χ3v) is 4.29. The van der Waals surface area contributed by atoms with Crippen LogP contribution >= 0.6 is 31.9 Å². The Bertz CT molecular complexity index is 361. The van der Waals surface area contributed by atoms with E-state index in [4.69, 9.17) is 5.73 Å². The van der Waals surface area contributed by atoms with Crippen molar-refractivity contribution in [2.24, 2.45) is 5.73 Å². The highest BCUT2D eigenvalue weighted by Gasteiger charge is 2.19. The summed E-state index contributed by atoms with van der Waals surface area (Å²) < 4.78 is 2.13. The molecule has 1 aromatic carbocycles. The molecule has 96 valence electrons. The van der Waals surface area contributed by atoms with Crippen LogP contribution in [0.3, 0.4) is 0 Å². The van der Waals surface area contributed by atoms with Gasteiger partial charge in [-0.2, -0.15) is 0 Å². The predicted octanol–water partition coefficient (Wildman–Crippen LogP) is 4.42. The molecule has 0 spiro atoms. The van der Waals surface area contributed by atoms with Crippen LogP contribution in [0.4, 0.5) is 5.69 Å². The van der Waals surface area contributed by atoms with Crippen molar-refractivity contribution in [1.82, 2.24) is 0 Å². The summed E-state index contributed by atoms with van der Waals surface area (Å²) >= 11 is 7.04. The highest BCUT2D eigenvalue weighted by Crippen LogP contribution is 2.39. The molecule has 1 saturated carbocycles. The standard InChI is InChI=1S/C12H15Br2N.CH5N/c13-9-6-10(12(15)11(14)7-9)8-4-2-1-3-5-8;1-2/h6-8H,1-5,15H2;2H2,1H3. The van der Waals surface area contributed by atoms with E-state index in [2.05, 4.69) is 43.7 Å². The van der Waals surface area contributed by atoms with E-state index in [0.717, 1.165) is 14.6 Å². The van der Waals surface area contributed by atoms with Gasteiger partial charge in [0.25, 0.3) is 0 Å². The van der Waals surface area contributed by atoms with E-state index in [0.29, 0.717) is 5.92 Å². The molecule has 17 heavy (non-hydrogen) atoms. The fourth-order valence-corrected chi connectivity index (χ4v) is 3.61. The van der Waals surface area contributed by atoms with Crippen LogP contribution < -0.4 is 11.5 Å². The van der Waals surface area contributed by atoms with Gasteiger partial charge in [-0.05, 0) is 59.4 Å². The van der Waals surface area contributed by atoms with Crippen LogP contribution in [-0.2, 0) is 0 Å². The number of nitrogens with two attached hydrogens (primary N) is 2. The summed E-state index contributed by atoms with van der Waals surface area (Å²) in [7, 11) is 1.50. The van der Waals surface area contributed by atoms with Crippen molar-refractivity contribution >= 4 is 37.5 Å². The summed E-state index contributed by atoms with van der Waals surface area (Å²) in [4.78, 5) is 0. The normalized spacial score (nSPS) is 16.2. The van der Waals surface area contributed by atoms with Crippen LogP contribution in [0.2, 0.25) is 0 Å². The fourth-order valence-electron chi connectivity index (χ4n) is 2.36. The number of nitrogen functional groups attached to an aromatic ring is 1. The molecule has 0 aromatic heterocycles. The third-order valence-electron chi connectivity index (χ3n) is 3.17. The fraction of sp³-hybridized carbons (Fsp3) is 0.538. The van der Waals surface area contributed by atoms with Crippen LogP contribution in [0.1, 0.15) is 43.6 Å². The molecule has 1 aromatic rings. The summed E-state index contributed by atoms with van der Waals surface area (Å²) in [6.07, 6.45) is 6.63. The molecule has 0 amide bonds. The van der Waals surface area contributed by atoms with E-state index < -0.39 is 0 Å². The van der Waals surface area contributed by atoms with E-state index in [1.807, 2.05) is 6.07 Å². The largest absolute Gasteiger partial charge is 0.398 e. The lowest BCUT2D eigenvalue weighted by atomic mass is 9.83. The van der Waals surface area contributed by atoms with Gasteiger partial charge in [-0.15, -0.1) is 0 Å². The van der Waals surface area contributed by atoms with Crippen molar-refractivity contribution in [2.45, 2.75) is 38.0 Å². The first kappa shape index (κ1) is 15.0. The van der Waals surface area contributed by atoms with E-state index in [1.165, 1.54) is 44.7 Å². The number of halogens is 2. The van der Waals surface area contributed by atoms with E-state index in [-0.39, 0.29) is 0 Å².